The standard InChI is InChI=1S/C14H11F6N5O2S/c1-27-6-8-23-25-11(26)9(10(14(18,19)20)22-12(25)28-8)7-4-21-24(5-7)3-2-13(15,16)17/h4-5H,2-3,6H2,1H3. The molecule has 0 N–H and O–H groups in total. The molecule has 0 fully saturated rings. The molecule has 0 amide bonds. The molecule has 0 saturated heterocycles. The van der Waals surface area contributed by atoms with Crippen molar-refractivity contribution >= 4 is 16.3 Å². The van der Waals surface area contributed by atoms with Gasteiger partial charge in [0, 0.05) is 25.4 Å². The molecule has 0 unspecified atom stereocenters. The Morgan fingerprint density at radius 2 is 1.93 bits per heavy atom. The van der Waals surface area contributed by atoms with E-state index >= 15 is 0 Å². The average Bonchev–Trinajstić information content (AvgIpc) is 3.18. The largest absolute Gasteiger partial charge is 0.434 e. The van der Waals surface area contributed by atoms with Crippen LogP contribution in [-0.2, 0) is 24.1 Å². The van der Waals surface area contributed by atoms with Crippen LogP contribution in [0, 0.1) is 0 Å². The van der Waals surface area contributed by atoms with Crippen LogP contribution < -0.4 is 5.56 Å². The highest BCUT2D eigenvalue weighted by atomic mass is 32.1. The molecule has 0 atom stereocenters. The fourth-order valence-electron chi connectivity index (χ4n) is 2.39. The first-order chi connectivity index (χ1) is 13.0. The lowest BCUT2D eigenvalue weighted by molar-refractivity contribution is -0.140. The molecule has 3 heterocycles. The second-order valence-electron chi connectivity index (χ2n) is 5.62. The van der Waals surface area contributed by atoms with E-state index in [4.69, 9.17) is 4.74 Å². The zero-order valence-electron chi connectivity index (χ0n) is 14.0. The predicted octanol–water partition coefficient (Wildman–Crippen LogP) is 3.13. The molecule has 28 heavy (non-hydrogen) atoms. The van der Waals surface area contributed by atoms with Gasteiger partial charge in [0.15, 0.2) is 5.69 Å². The number of halogens is 6. The molecule has 3 aromatic heterocycles. The summed E-state index contributed by atoms with van der Waals surface area (Å²) in [4.78, 5) is 15.9. The number of rotatable bonds is 5. The number of hydrogen-bond acceptors (Lipinski definition) is 6. The topological polar surface area (TPSA) is 74.3 Å². The fourth-order valence-corrected chi connectivity index (χ4v) is 3.25. The van der Waals surface area contributed by atoms with Gasteiger partial charge in [0.25, 0.3) is 5.56 Å². The minimum absolute atomic E-state index is 0.0282. The summed E-state index contributed by atoms with van der Waals surface area (Å²) in [6.07, 6.45) is -8.82. The third-order valence-corrected chi connectivity index (χ3v) is 4.42. The summed E-state index contributed by atoms with van der Waals surface area (Å²) in [5, 5.41) is 7.72. The Morgan fingerprint density at radius 3 is 2.54 bits per heavy atom. The van der Waals surface area contributed by atoms with Gasteiger partial charge in [0.05, 0.1) is 24.8 Å². The van der Waals surface area contributed by atoms with E-state index in [-0.39, 0.29) is 22.1 Å². The molecule has 0 spiro atoms. The Hall–Kier alpha value is -2.48. The third kappa shape index (κ3) is 4.16. The first kappa shape index (κ1) is 20.3. The minimum atomic E-state index is -4.97. The quantitative estimate of drug-likeness (QED) is 0.585. The monoisotopic (exact) mass is 427 g/mol. The van der Waals surface area contributed by atoms with Gasteiger partial charge >= 0.3 is 12.4 Å². The van der Waals surface area contributed by atoms with E-state index in [1.807, 2.05) is 0 Å². The lowest BCUT2D eigenvalue weighted by Gasteiger charge is -2.10. The van der Waals surface area contributed by atoms with Crippen LogP contribution in [-0.4, -0.2) is 37.7 Å². The maximum atomic E-state index is 13.5. The average molecular weight is 427 g/mol. The Labute approximate surface area is 156 Å². The first-order valence-electron chi connectivity index (χ1n) is 7.58. The molecule has 3 rings (SSSR count). The maximum absolute atomic E-state index is 13.5. The van der Waals surface area contributed by atoms with E-state index in [0.29, 0.717) is 4.52 Å². The van der Waals surface area contributed by atoms with Crippen molar-refractivity contribution in [2.24, 2.45) is 0 Å². The summed E-state index contributed by atoms with van der Waals surface area (Å²) in [6.45, 7) is -0.629. The number of alkyl halides is 6. The predicted molar refractivity (Wildman–Crippen MR) is 84.7 cm³/mol. The van der Waals surface area contributed by atoms with Crippen molar-refractivity contribution in [1.82, 2.24) is 24.4 Å². The molecular weight excluding hydrogens is 416 g/mol. The highest BCUT2D eigenvalue weighted by molar-refractivity contribution is 7.16. The lowest BCUT2D eigenvalue weighted by atomic mass is 10.1. The third-order valence-electron chi connectivity index (χ3n) is 3.53. The number of fused-ring (bicyclic) bond motifs is 1. The van der Waals surface area contributed by atoms with Gasteiger partial charge in [0.1, 0.15) is 5.01 Å². The van der Waals surface area contributed by atoms with Crippen LogP contribution in [0.25, 0.3) is 16.1 Å². The van der Waals surface area contributed by atoms with Crippen molar-refractivity contribution in [2.75, 3.05) is 7.11 Å². The number of methoxy groups -OCH3 is 1. The zero-order valence-corrected chi connectivity index (χ0v) is 14.8. The Kier molecular flexibility index (Phi) is 5.18. The normalized spacial score (nSPS) is 12.8. The molecule has 152 valence electrons. The number of ether oxygens (including phenoxy) is 1. The van der Waals surface area contributed by atoms with E-state index in [2.05, 4.69) is 15.2 Å². The number of nitrogens with zero attached hydrogens (tertiary/aromatic N) is 5. The van der Waals surface area contributed by atoms with Gasteiger partial charge < -0.3 is 4.74 Å². The van der Waals surface area contributed by atoms with E-state index in [9.17, 15) is 31.1 Å². The molecule has 0 bridgehead atoms. The van der Waals surface area contributed by atoms with Crippen molar-refractivity contribution in [3.8, 4) is 11.1 Å². The van der Waals surface area contributed by atoms with Crippen LogP contribution in [0.4, 0.5) is 26.3 Å². The summed E-state index contributed by atoms with van der Waals surface area (Å²) >= 11 is 0.756. The molecule has 0 saturated carbocycles. The van der Waals surface area contributed by atoms with Crippen LogP contribution >= 0.6 is 11.3 Å². The molecule has 0 aliphatic rings. The second-order valence-corrected chi connectivity index (χ2v) is 6.66. The van der Waals surface area contributed by atoms with Gasteiger partial charge in [-0.25, -0.2) is 4.98 Å². The van der Waals surface area contributed by atoms with Crippen LogP contribution in [0.1, 0.15) is 17.1 Å². The summed E-state index contributed by atoms with van der Waals surface area (Å²) in [5.74, 6) is 0. The molecule has 0 radical (unpaired) electrons. The highest BCUT2D eigenvalue weighted by Crippen LogP contribution is 2.34. The van der Waals surface area contributed by atoms with Crippen molar-refractivity contribution in [1.29, 1.82) is 0 Å². The maximum Gasteiger partial charge on any atom is 0.434 e. The molecule has 0 aromatic carbocycles. The van der Waals surface area contributed by atoms with Gasteiger partial charge in [-0.3, -0.25) is 9.48 Å². The van der Waals surface area contributed by atoms with Crippen molar-refractivity contribution in [2.45, 2.75) is 31.9 Å². The smallest absolute Gasteiger partial charge is 0.377 e. The zero-order chi connectivity index (χ0) is 20.7. The van der Waals surface area contributed by atoms with Crippen LogP contribution in [0.15, 0.2) is 17.2 Å². The van der Waals surface area contributed by atoms with Crippen molar-refractivity contribution in [3.63, 3.8) is 0 Å². The number of hydrogen-bond donors (Lipinski definition) is 0. The Balaban J connectivity index is 2.12. The molecule has 14 heteroatoms. The van der Waals surface area contributed by atoms with Crippen LogP contribution in [0.2, 0.25) is 0 Å². The molecule has 3 aromatic rings. The van der Waals surface area contributed by atoms with Gasteiger partial charge in [-0.2, -0.15) is 41.1 Å². The Morgan fingerprint density at radius 1 is 1.21 bits per heavy atom. The summed E-state index contributed by atoms with van der Waals surface area (Å²) in [5.41, 5.74) is -3.70. The SMILES string of the molecule is COCc1nn2c(=O)c(-c3cnn(CCC(F)(F)F)c3)c(C(F)(F)F)nc2s1. The molecular formula is C14H11F6N5O2S. The van der Waals surface area contributed by atoms with Gasteiger partial charge in [-0.1, -0.05) is 11.3 Å². The van der Waals surface area contributed by atoms with Crippen molar-refractivity contribution in [3.05, 3.63) is 33.4 Å². The van der Waals surface area contributed by atoms with Crippen LogP contribution in [0.5, 0.6) is 0 Å². The number of aromatic nitrogens is 5. The highest BCUT2D eigenvalue weighted by Gasteiger charge is 2.39. The van der Waals surface area contributed by atoms with Gasteiger partial charge in [-0.15, -0.1) is 0 Å². The molecule has 0 aliphatic heterocycles. The summed E-state index contributed by atoms with van der Waals surface area (Å²) in [7, 11) is 1.35. The summed E-state index contributed by atoms with van der Waals surface area (Å²) in [6, 6.07) is 0. The van der Waals surface area contributed by atoms with Gasteiger partial charge in [0.2, 0.25) is 4.96 Å². The summed E-state index contributed by atoms with van der Waals surface area (Å²) < 4.78 is 83.8. The van der Waals surface area contributed by atoms with E-state index in [1.54, 1.807) is 0 Å². The van der Waals surface area contributed by atoms with Crippen molar-refractivity contribution < 1.29 is 31.1 Å². The van der Waals surface area contributed by atoms with Crippen LogP contribution in [0.3, 0.4) is 0 Å². The van der Waals surface area contributed by atoms with E-state index in [1.165, 1.54) is 7.11 Å². The fraction of sp³-hybridized carbons (Fsp3) is 0.429. The molecule has 7 nitrogen and oxygen atoms in total. The Bertz CT molecular complexity index is 1050. The first-order valence-corrected chi connectivity index (χ1v) is 8.39. The van der Waals surface area contributed by atoms with E-state index < -0.39 is 42.1 Å². The minimum Gasteiger partial charge on any atom is -0.377 e. The lowest BCUT2D eigenvalue weighted by Crippen LogP contribution is -2.24. The molecule has 0 aliphatic carbocycles. The second kappa shape index (κ2) is 7.16. The van der Waals surface area contributed by atoms with E-state index in [0.717, 1.165) is 28.4 Å². The van der Waals surface area contributed by atoms with Gasteiger partial charge in [-0.05, 0) is 0 Å². The number of aryl methyl sites for hydroxylation is 1.